The number of aliphatic carboxylic acids is 1. The molecule has 7 nitrogen and oxygen atoms in total. The Hall–Kier alpha value is -2.57. The summed E-state index contributed by atoms with van der Waals surface area (Å²) in [6, 6.07) is 4.68. The molecule has 0 unspecified atom stereocenters. The van der Waals surface area contributed by atoms with E-state index in [-0.39, 0.29) is 12.2 Å². The third-order valence-corrected chi connectivity index (χ3v) is 2.09. The summed E-state index contributed by atoms with van der Waals surface area (Å²) in [5, 5.41) is 12.5. The molecule has 2 rings (SSSR count). The van der Waals surface area contributed by atoms with Gasteiger partial charge in [-0.3, -0.25) is 9.59 Å². The zero-order chi connectivity index (χ0) is 12.4. The number of carbonyl (C=O) groups excluding carboxylic acids is 1. The lowest BCUT2D eigenvalue weighted by Gasteiger charge is -2.00. The second kappa shape index (κ2) is 4.12. The molecule has 0 aromatic carbocycles. The van der Waals surface area contributed by atoms with Crippen molar-refractivity contribution in [3.05, 3.63) is 30.2 Å². The molecule has 0 atom stereocenters. The standard InChI is InChI=1S/C10H9N3O4/c11-10(16)6-4-7(8-2-1-3-17-8)13(12-6)5-9(14)15/h1-4H,5H2,(H2,11,16)(H,14,15). The first-order valence-corrected chi connectivity index (χ1v) is 4.71. The molecule has 3 N–H and O–H groups in total. The van der Waals surface area contributed by atoms with Crippen LogP contribution in [0, 0.1) is 0 Å². The first kappa shape index (κ1) is 10.9. The highest BCUT2D eigenvalue weighted by Gasteiger charge is 2.16. The Morgan fingerprint density at radius 2 is 2.29 bits per heavy atom. The Morgan fingerprint density at radius 3 is 2.82 bits per heavy atom. The van der Waals surface area contributed by atoms with E-state index in [0.29, 0.717) is 11.5 Å². The van der Waals surface area contributed by atoms with Gasteiger partial charge in [-0.25, -0.2) is 4.68 Å². The van der Waals surface area contributed by atoms with Gasteiger partial charge in [-0.2, -0.15) is 5.10 Å². The van der Waals surface area contributed by atoms with E-state index in [2.05, 4.69) is 5.10 Å². The molecule has 0 fully saturated rings. The normalized spacial score (nSPS) is 10.4. The lowest BCUT2D eigenvalue weighted by Crippen LogP contribution is -2.15. The van der Waals surface area contributed by atoms with Crippen LogP contribution >= 0.6 is 0 Å². The number of nitrogens with zero attached hydrogens (tertiary/aromatic N) is 2. The van der Waals surface area contributed by atoms with Crippen LogP contribution in [0.2, 0.25) is 0 Å². The predicted molar refractivity (Wildman–Crippen MR) is 56.1 cm³/mol. The number of carboxylic acid groups (broad SMARTS) is 1. The van der Waals surface area contributed by atoms with Crippen LogP contribution in [-0.2, 0) is 11.3 Å². The Bertz CT molecular complexity index is 556. The minimum atomic E-state index is -1.07. The van der Waals surface area contributed by atoms with Gasteiger partial charge in [0.25, 0.3) is 5.91 Å². The molecule has 0 bridgehead atoms. The van der Waals surface area contributed by atoms with E-state index in [0.717, 1.165) is 4.68 Å². The van der Waals surface area contributed by atoms with Gasteiger partial charge in [-0.05, 0) is 12.1 Å². The van der Waals surface area contributed by atoms with Crippen molar-refractivity contribution in [3.63, 3.8) is 0 Å². The van der Waals surface area contributed by atoms with Gasteiger partial charge in [0.1, 0.15) is 12.2 Å². The van der Waals surface area contributed by atoms with Crippen molar-refractivity contribution >= 4 is 11.9 Å². The molecule has 0 radical (unpaired) electrons. The average molecular weight is 235 g/mol. The fraction of sp³-hybridized carbons (Fsp3) is 0.100. The maximum atomic E-state index is 11.0. The number of carboxylic acids is 1. The summed E-state index contributed by atoms with van der Waals surface area (Å²) < 4.78 is 6.28. The molecule has 2 aromatic rings. The summed E-state index contributed by atoms with van der Waals surface area (Å²) in [6.07, 6.45) is 1.44. The Balaban J connectivity index is 2.48. The largest absolute Gasteiger partial charge is 0.480 e. The van der Waals surface area contributed by atoms with E-state index in [1.54, 1.807) is 12.1 Å². The average Bonchev–Trinajstić information content (AvgIpc) is 2.83. The quantitative estimate of drug-likeness (QED) is 0.792. The molecule has 0 aliphatic rings. The third kappa shape index (κ3) is 2.17. The van der Waals surface area contributed by atoms with Gasteiger partial charge in [0.15, 0.2) is 11.5 Å². The lowest BCUT2D eigenvalue weighted by molar-refractivity contribution is -0.137. The molecule has 1 amide bonds. The van der Waals surface area contributed by atoms with Crippen LogP contribution < -0.4 is 5.73 Å². The highest BCUT2D eigenvalue weighted by atomic mass is 16.4. The number of carbonyl (C=O) groups is 2. The summed E-state index contributed by atoms with van der Waals surface area (Å²) in [5.74, 6) is -1.37. The van der Waals surface area contributed by atoms with E-state index in [4.69, 9.17) is 15.3 Å². The first-order valence-electron chi connectivity index (χ1n) is 4.71. The predicted octanol–water partition coefficient (Wildman–Crippen LogP) is 0.327. The van der Waals surface area contributed by atoms with Crippen LogP contribution in [0.3, 0.4) is 0 Å². The van der Waals surface area contributed by atoms with Crippen LogP contribution in [-0.4, -0.2) is 26.8 Å². The van der Waals surface area contributed by atoms with E-state index in [1.807, 2.05) is 0 Å². The second-order valence-corrected chi connectivity index (χ2v) is 3.31. The molecule has 0 aliphatic carbocycles. The number of rotatable bonds is 4. The molecule has 0 saturated heterocycles. The van der Waals surface area contributed by atoms with E-state index < -0.39 is 11.9 Å². The maximum absolute atomic E-state index is 11.0. The number of nitrogens with two attached hydrogens (primary N) is 1. The molecule has 17 heavy (non-hydrogen) atoms. The second-order valence-electron chi connectivity index (χ2n) is 3.31. The van der Waals surface area contributed by atoms with Crippen molar-refractivity contribution in [2.75, 3.05) is 0 Å². The van der Waals surface area contributed by atoms with E-state index in [1.165, 1.54) is 12.3 Å². The Labute approximate surface area is 95.4 Å². The SMILES string of the molecule is NC(=O)c1cc(-c2ccco2)n(CC(=O)O)n1. The maximum Gasteiger partial charge on any atom is 0.325 e. The summed E-state index contributed by atoms with van der Waals surface area (Å²) in [7, 11) is 0. The molecule has 2 heterocycles. The summed E-state index contributed by atoms with van der Waals surface area (Å²) in [6.45, 7) is -0.372. The zero-order valence-corrected chi connectivity index (χ0v) is 8.66. The van der Waals surface area contributed by atoms with Gasteiger partial charge < -0.3 is 15.3 Å². The topological polar surface area (TPSA) is 111 Å². The fourth-order valence-corrected chi connectivity index (χ4v) is 1.41. The molecule has 0 saturated carbocycles. The summed E-state index contributed by atoms with van der Waals surface area (Å²) in [4.78, 5) is 21.7. The third-order valence-electron chi connectivity index (χ3n) is 2.09. The number of amides is 1. The molecule has 7 heteroatoms. The van der Waals surface area contributed by atoms with Gasteiger partial charge in [-0.15, -0.1) is 0 Å². The Kier molecular flexibility index (Phi) is 2.65. The van der Waals surface area contributed by atoms with Crippen LogP contribution in [0.15, 0.2) is 28.9 Å². The highest BCUT2D eigenvalue weighted by Crippen LogP contribution is 2.20. The minimum absolute atomic E-state index is 0.00218. The van der Waals surface area contributed by atoms with Crippen molar-refractivity contribution in [2.45, 2.75) is 6.54 Å². The smallest absolute Gasteiger partial charge is 0.325 e. The summed E-state index contributed by atoms with van der Waals surface area (Å²) >= 11 is 0. The van der Waals surface area contributed by atoms with Gasteiger partial charge in [-0.1, -0.05) is 0 Å². The molecule has 2 aromatic heterocycles. The van der Waals surface area contributed by atoms with Crippen molar-refractivity contribution in [2.24, 2.45) is 5.73 Å². The van der Waals surface area contributed by atoms with Gasteiger partial charge in [0.05, 0.1) is 6.26 Å². The number of hydrogen-bond acceptors (Lipinski definition) is 4. The number of furan rings is 1. The fourth-order valence-electron chi connectivity index (χ4n) is 1.41. The lowest BCUT2D eigenvalue weighted by atomic mass is 10.3. The highest BCUT2D eigenvalue weighted by molar-refractivity contribution is 5.91. The van der Waals surface area contributed by atoms with Gasteiger partial charge in [0, 0.05) is 6.07 Å². The molecular formula is C10H9N3O4. The molecule has 0 spiro atoms. The van der Waals surface area contributed by atoms with E-state index in [9.17, 15) is 9.59 Å². The minimum Gasteiger partial charge on any atom is -0.480 e. The Morgan fingerprint density at radius 1 is 1.53 bits per heavy atom. The van der Waals surface area contributed by atoms with Crippen LogP contribution in [0.25, 0.3) is 11.5 Å². The number of hydrogen-bond donors (Lipinski definition) is 2. The van der Waals surface area contributed by atoms with Crippen LogP contribution in [0.4, 0.5) is 0 Å². The van der Waals surface area contributed by atoms with Crippen molar-refractivity contribution in [3.8, 4) is 11.5 Å². The monoisotopic (exact) mass is 235 g/mol. The van der Waals surface area contributed by atoms with Gasteiger partial charge in [0.2, 0.25) is 0 Å². The summed E-state index contributed by atoms with van der Waals surface area (Å²) in [5.41, 5.74) is 5.48. The zero-order valence-electron chi connectivity index (χ0n) is 8.66. The van der Waals surface area contributed by atoms with Crippen LogP contribution in [0.5, 0.6) is 0 Å². The van der Waals surface area contributed by atoms with E-state index >= 15 is 0 Å². The molecule has 88 valence electrons. The van der Waals surface area contributed by atoms with Crippen molar-refractivity contribution < 1.29 is 19.1 Å². The number of primary amides is 1. The first-order chi connectivity index (χ1) is 8.08. The van der Waals surface area contributed by atoms with Crippen LogP contribution in [0.1, 0.15) is 10.5 Å². The van der Waals surface area contributed by atoms with Crippen molar-refractivity contribution in [1.82, 2.24) is 9.78 Å². The molecular weight excluding hydrogens is 226 g/mol. The molecule has 0 aliphatic heterocycles. The number of aromatic nitrogens is 2. The van der Waals surface area contributed by atoms with Crippen molar-refractivity contribution in [1.29, 1.82) is 0 Å². The van der Waals surface area contributed by atoms with Gasteiger partial charge >= 0.3 is 5.97 Å².